The molecule has 0 aliphatic carbocycles. The van der Waals surface area contributed by atoms with E-state index in [0.717, 1.165) is 20.1 Å². The van der Waals surface area contributed by atoms with E-state index in [9.17, 15) is 18.8 Å². The summed E-state index contributed by atoms with van der Waals surface area (Å²) in [5.41, 5.74) is -2.22. The van der Waals surface area contributed by atoms with Crippen molar-refractivity contribution in [2.24, 2.45) is 0 Å². The molecule has 0 fully saturated rings. The van der Waals surface area contributed by atoms with Gasteiger partial charge < -0.3 is 14.2 Å². The van der Waals surface area contributed by atoms with Crippen LogP contribution in [0.3, 0.4) is 0 Å². The van der Waals surface area contributed by atoms with Gasteiger partial charge in [0.05, 0.1) is 7.11 Å². The molecule has 1 aromatic rings. The van der Waals surface area contributed by atoms with E-state index in [2.05, 4.69) is 14.5 Å². The minimum atomic E-state index is -1.71. The predicted octanol–water partition coefficient (Wildman–Crippen LogP) is 2.39. The SMILES string of the molecule is COC(=O)c1c(C(=O)COC(C)=O)cc(Cl)nc1OCC(C)(C)F. The summed E-state index contributed by atoms with van der Waals surface area (Å²) in [6.07, 6.45) is 0. The summed E-state index contributed by atoms with van der Waals surface area (Å²) in [5, 5.41) is -0.152. The lowest BCUT2D eigenvalue weighted by molar-refractivity contribution is -0.139. The molecule has 1 heterocycles. The molecule has 0 unspecified atom stereocenters. The van der Waals surface area contributed by atoms with Crippen molar-refractivity contribution in [1.29, 1.82) is 0 Å². The Labute approximate surface area is 143 Å². The second-order valence-corrected chi connectivity index (χ2v) is 5.76. The van der Waals surface area contributed by atoms with E-state index in [4.69, 9.17) is 16.3 Å². The predicted molar refractivity (Wildman–Crippen MR) is 82.2 cm³/mol. The van der Waals surface area contributed by atoms with Crippen LogP contribution >= 0.6 is 11.6 Å². The van der Waals surface area contributed by atoms with Crippen molar-refractivity contribution >= 4 is 29.3 Å². The first kappa shape index (κ1) is 19.8. The molecule has 0 atom stereocenters. The van der Waals surface area contributed by atoms with E-state index < -0.39 is 36.6 Å². The molecule has 24 heavy (non-hydrogen) atoms. The average Bonchev–Trinajstić information content (AvgIpc) is 2.48. The highest BCUT2D eigenvalue weighted by Gasteiger charge is 2.27. The zero-order valence-electron chi connectivity index (χ0n) is 13.6. The van der Waals surface area contributed by atoms with E-state index >= 15 is 0 Å². The summed E-state index contributed by atoms with van der Waals surface area (Å²) >= 11 is 5.83. The lowest BCUT2D eigenvalue weighted by Gasteiger charge is -2.17. The Morgan fingerprint density at radius 1 is 1.33 bits per heavy atom. The van der Waals surface area contributed by atoms with Gasteiger partial charge in [-0.25, -0.2) is 14.2 Å². The fourth-order valence-corrected chi connectivity index (χ4v) is 1.79. The number of carbonyl (C=O) groups excluding carboxylic acids is 3. The lowest BCUT2D eigenvalue weighted by atomic mass is 10.1. The number of pyridine rings is 1. The third-order valence-electron chi connectivity index (χ3n) is 2.60. The molecule has 1 aromatic heterocycles. The third-order valence-corrected chi connectivity index (χ3v) is 2.80. The van der Waals surface area contributed by atoms with Gasteiger partial charge in [0, 0.05) is 12.5 Å². The van der Waals surface area contributed by atoms with Gasteiger partial charge in [-0.05, 0) is 19.9 Å². The van der Waals surface area contributed by atoms with Crippen LogP contribution in [0.1, 0.15) is 41.5 Å². The Bertz CT molecular complexity index is 656. The van der Waals surface area contributed by atoms with Crippen molar-refractivity contribution in [2.45, 2.75) is 26.4 Å². The third kappa shape index (κ3) is 5.77. The van der Waals surface area contributed by atoms with Gasteiger partial charge in [-0.15, -0.1) is 0 Å². The second-order valence-electron chi connectivity index (χ2n) is 5.38. The molecule has 9 heteroatoms. The number of ketones is 1. The second kappa shape index (κ2) is 8.05. The van der Waals surface area contributed by atoms with Gasteiger partial charge in [-0.1, -0.05) is 11.6 Å². The van der Waals surface area contributed by atoms with Crippen LogP contribution in [-0.4, -0.2) is 48.7 Å². The first-order chi connectivity index (χ1) is 11.0. The lowest BCUT2D eigenvalue weighted by Crippen LogP contribution is -2.25. The molecule has 0 aromatic carbocycles. The summed E-state index contributed by atoms with van der Waals surface area (Å²) in [4.78, 5) is 38.8. The number of nitrogens with zero attached hydrogens (tertiary/aromatic N) is 1. The van der Waals surface area contributed by atoms with Gasteiger partial charge in [-0.3, -0.25) is 9.59 Å². The highest BCUT2D eigenvalue weighted by molar-refractivity contribution is 6.30. The summed E-state index contributed by atoms with van der Waals surface area (Å²) < 4.78 is 28.0. The number of ether oxygens (including phenoxy) is 3. The zero-order chi connectivity index (χ0) is 18.5. The Kier molecular flexibility index (Phi) is 6.65. The maximum atomic E-state index is 13.6. The quantitative estimate of drug-likeness (QED) is 0.418. The van der Waals surface area contributed by atoms with Crippen molar-refractivity contribution in [1.82, 2.24) is 4.98 Å². The normalized spacial score (nSPS) is 10.9. The maximum absolute atomic E-state index is 13.6. The van der Waals surface area contributed by atoms with Crippen molar-refractivity contribution in [3.63, 3.8) is 0 Å². The summed E-state index contributed by atoms with van der Waals surface area (Å²) in [6, 6.07) is 1.12. The van der Waals surface area contributed by atoms with Gasteiger partial charge >= 0.3 is 11.9 Å². The monoisotopic (exact) mass is 361 g/mol. The largest absolute Gasteiger partial charge is 0.474 e. The molecular weight excluding hydrogens is 345 g/mol. The molecule has 0 amide bonds. The minimum absolute atomic E-state index is 0.152. The Balaban J connectivity index is 3.30. The minimum Gasteiger partial charge on any atom is -0.474 e. The van der Waals surface area contributed by atoms with Crippen LogP contribution < -0.4 is 4.74 Å². The molecule has 1 rings (SSSR count). The van der Waals surface area contributed by atoms with E-state index in [1.807, 2.05) is 0 Å². The summed E-state index contributed by atoms with van der Waals surface area (Å²) in [5.74, 6) is -2.64. The van der Waals surface area contributed by atoms with E-state index in [1.54, 1.807) is 0 Å². The molecule has 0 spiro atoms. The van der Waals surface area contributed by atoms with Gasteiger partial charge in [0.2, 0.25) is 11.7 Å². The Morgan fingerprint density at radius 2 is 1.96 bits per heavy atom. The van der Waals surface area contributed by atoms with Crippen molar-refractivity contribution in [2.75, 3.05) is 20.3 Å². The van der Waals surface area contributed by atoms with Crippen LogP contribution in [0.5, 0.6) is 5.88 Å². The number of methoxy groups -OCH3 is 1. The zero-order valence-corrected chi connectivity index (χ0v) is 14.4. The Hall–Kier alpha value is -2.22. The van der Waals surface area contributed by atoms with Crippen molar-refractivity contribution in [3.8, 4) is 5.88 Å². The molecule has 0 N–H and O–H groups in total. The topological polar surface area (TPSA) is 91.8 Å². The molecule has 0 radical (unpaired) electrons. The highest BCUT2D eigenvalue weighted by Crippen LogP contribution is 2.26. The van der Waals surface area contributed by atoms with E-state index in [0.29, 0.717) is 0 Å². The van der Waals surface area contributed by atoms with E-state index in [-0.39, 0.29) is 22.2 Å². The fourth-order valence-electron chi connectivity index (χ4n) is 1.60. The smallest absolute Gasteiger partial charge is 0.344 e. The molecule has 0 saturated carbocycles. The van der Waals surface area contributed by atoms with Crippen LogP contribution in [0.2, 0.25) is 5.15 Å². The highest BCUT2D eigenvalue weighted by atomic mass is 35.5. The molecule has 0 aliphatic rings. The number of hydrogen-bond acceptors (Lipinski definition) is 7. The van der Waals surface area contributed by atoms with Crippen molar-refractivity contribution in [3.05, 3.63) is 22.3 Å². The number of rotatable bonds is 7. The first-order valence-corrected chi connectivity index (χ1v) is 7.20. The molecule has 0 saturated heterocycles. The van der Waals surface area contributed by atoms with Crippen LogP contribution in [0.4, 0.5) is 4.39 Å². The van der Waals surface area contributed by atoms with Crippen LogP contribution in [0.25, 0.3) is 0 Å². The number of halogens is 2. The van der Waals surface area contributed by atoms with Gasteiger partial charge in [0.1, 0.15) is 23.0 Å². The number of aromatic nitrogens is 1. The van der Waals surface area contributed by atoms with Gasteiger partial charge in [-0.2, -0.15) is 0 Å². The molecule has 132 valence electrons. The molecule has 0 bridgehead atoms. The number of alkyl halides is 1. The van der Waals surface area contributed by atoms with E-state index in [1.165, 1.54) is 13.8 Å². The molecular formula is C15H17ClFNO6. The Morgan fingerprint density at radius 3 is 2.46 bits per heavy atom. The van der Waals surface area contributed by atoms with Gasteiger partial charge in [0.25, 0.3) is 0 Å². The number of carbonyl (C=O) groups is 3. The fraction of sp³-hybridized carbons (Fsp3) is 0.467. The molecule has 7 nitrogen and oxygen atoms in total. The van der Waals surface area contributed by atoms with Crippen LogP contribution in [0.15, 0.2) is 6.07 Å². The van der Waals surface area contributed by atoms with Crippen LogP contribution in [0, 0.1) is 0 Å². The number of Topliss-reactive ketones (excluding diaryl/α,β-unsaturated/α-hetero) is 1. The first-order valence-electron chi connectivity index (χ1n) is 6.82. The maximum Gasteiger partial charge on any atom is 0.344 e. The average molecular weight is 362 g/mol. The number of esters is 2. The van der Waals surface area contributed by atoms with Crippen LogP contribution in [-0.2, 0) is 14.3 Å². The summed E-state index contributed by atoms with van der Waals surface area (Å²) in [7, 11) is 1.10. The van der Waals surface area contributed by atoms with Crippen molar-refractivity contribution < 1.29 is 33.0 Å². The summed E-state index contributed by atoms with van der Waals surface area (Å²) in [6.45, 7) is 2.63. The molecule has 0 aliphatic heterocycles. The number of hydrogen-bond donors (Lipinski definition) is 0. The standard InChI is InChI=1S/C15H17ClFNO6/c1-8(19)23-6-10(20)9-5-11(16)18-13(12(9)14(21)22-4)24-7-15(2,3)17/h5H,6-7H2,1-4H3. The van der Waals surface area contributed by atoms with Gasteiger partial charge in [0.15, 0.2) is 6.61 Å².